The van der Waals surface area contributed by atoms with Crippen molar-refractivity contribution in [2.45, 2.75) is 52.1 Å². The highest BCUT2D eigenvalue weighted by molar-refractivity contribution is 5.80. The van der Waals surface area contributed by atoms with Crippen molar-refractivity contribution in [1.82, 2.24) is 5.32 Å². The Morgan fingerprint density at radius 1 is 1.29 bits per heavy atom. The Morgan fingerprint density at radius 3 is 2.67 bits per heavy atom. The van der Waals surface area contributed by atoms with Gasteiger partial charge in [-0.25, -0.2) is 0 Å². The number of hydrogen-bond donors (Lipinski definition) is 2. The summed E-state index contributed by atoms with van der Waals surface area (Å²) in [5.74, 6) is -0.590. The molecule has 132 valence electrons. The van der Waals surface area contributed by atoms with Gasteiger partial charge in [0.2, 0.25) is 5.91 Å². The summed E-state index contributed by atoms with van der Waals surface area (Å²) in [6, 6.07) is 7.82. The number of carboxylic acids is 1. The van der Waals surface area contributed by atoms with Gasteiger partial charge in [0.05, 0.1) is 12.5 Å². The Balaban J connectivity index is 1.85. The molecule has 3 unspecified atom stereocenters. The summed E-state index contributed by atoms with van der Waals surface area (Å²) in [5.41, 5.74) is 1.07. The number of carboxylic acid groups (broad SMARTS) is 1. The molecule has 1 saturated carbocycles. The number of aryl methyl sites for hydroxylation is 1. The van der Waals surface area contributed by atoms with Crippen molar-refractivity contribution in [1.29, 1.82) is 0 Å². The minimum absolute atomic E-state index is 0.0483. The Labute approximate surface area is 143 Å². The molecule has 0 heterocycles. The largest absolute Gasteiger partial charge is 0.488 e. The second kappa shape index (κ2) is 8.71. The van der Waals surface area contributed by atoms with E-state index < -0.39 is 5.97 Å². The van der Waals surface area contributed by atoms with Crippen molar-refractivity contribution in [3.05, 3.63) is 29.8 Å². The van der Waals surface area contributed by atoms with Crippen LogP contribution in [-0.2, 0) is 9.59 Å². The second-order valence-electron chi connectivity index (χ2n) is 6.56. The highest BCUT2D eigenvalue weighted by Gasteiger charge is 2.31. The highest BCUT2D eigenvalue weighted by Crippen LogP contribution is 2.29. The fraction of sp³-hybridized carbons (Fsp3) is 0.579. The number of carbonyl (C=O) groups is 2. The van der Waals surface area contributed by atoms with Crippen LogP contribution in [0.5, 0.6) is 5.75 Å². The predicted octanol–water partition coefficient (Wildman–Crippen LogP) is 3.16. The molecule has 0 radical (unpaired) electrons. The summed E-state index contributed by atoms with van der Waals surface area (Å²) in [5, 5.41) is 12.1. The van der Waals surface area contributed by atoms with Gasteiger partial charge in [-0.3, -0.25) is 9.59 Å². The number of rotatable bonds is 7. The number of aliphatic carboxylic acids is 1. The van der Waals surface area contributed by atoms with Crippen LogP contribution < -0.4 is 10.1 Å². The first kappa shape index (κ1) is 18.3. The minimum Gasteiger partial charge on any atom is -0.488 e. The quantitative estimate of drug-likeness (QED) is 0.804. The summed E-state index contributed by atoms with van der Waals surface area (Å²) < 4.78 is 5.98. The van der Waals surface area contributed by atoms with E-state index in [1.54, 1.807) is 0 Å². The lowest BCUT2D eigenvalue weighted by molar-refractivity contribution is -0.144. The molecule has 2 N–H and O–H groups in total. The van der Waals surface area contributed by atoms with E-state index in [9.17, 15) is 9.59 Å². The Bertz CT molecular complexity index is 572. The van der Waals surface area contributed by atoms with E-state index >= 15 is 0 Å². The first-order chi connectivity index (χ1) is 11.5. The summed E-state index contributed by atoms with van der Waals surface area (Å²) in [6.07, 6.45) is 3.38. The van der Waals surface area contributed by atoms with Gasteiger partial charge in [0.25, 0.3) is 0 Å². The number of hydrogen-bond acceptors (Lipinski definition) is 3. The van der Waals surface area contributed by atoms with Crippen LogP contribution in [0.1, 0.15) is 44.6 Å². The van der Waals surface area contributed by atoms with Gasteiger partial charge in [-0.1, -0.05) is 31.5 Å². The Kier molecular flexibility index (Phi) is 6.64. The number of benzene rings is 1. The molecule has 5 heteroatoms. The van der Waals surface area contributed by atoms with Gasteiger partial charge >= 0.3 is 5.97 Å². The number of para-hydroxylation sites is 1. The van der Waals surface area contributed by atoms with Crippen molar-refractivity contribution >= 4 is 11.9 Å². The van der Waals surface area contributed by atoms with Crippen LogP contribution in [0, 0.1) is 18.8 Å². The van der Waals surface area contributed by atoms with Crippen molar-refractivity contribution in [2.24, 2.45) is 11.8 Å². The first-order valence-electron chi connectivity index (χ1n) is 8.74. The van der Waals surface area contributed by atoms with Crippen molar-refractivity contribution < 1.29 is 19.4 Å². The fourth-order valence-corrected chi connectivity index (χ4v) is 3.15. The van der Waals surface area contributed by atoms with Gasteiger partial charge in [0.1, 0.15) is 11.9 Å². The van der Waals surface area contributed by atoms with Crippen LogP contribution in [-0.4, -0.2) is 29.6 Å². The number of nitrogens with one attached hydrogen (secondary N) is 1. The van der Waals surface area contributed by atoms with E-state index in [0.717, 1.165) is 30.6 Å². The summed E-state index contributed by atoms with van der Waals surface area (Å²) >= 11 is 0. The van der Waals surface area contributed by atoms with E-state index in [-0.39, 0.29) is 23.8 Å². The van der Waals surface area contributed by atoms with Gasteiger partial charge < -0.3 is 15.2 Å². The normalized spacial score (nSPS) is 21.8. The zero-order valence-electron chi connectivity index (χ0n) is 14.5. The third kappa shape index (κ3) is 4.98. The topological polar surface area (TPSA) is 75.6 Å². The van der Waals surface area contributed by atoms with Crippen LogP contribution in [0.4, 0.5) is 0 Å². The van der Waals surface area contributed by atoms with E-state index in [1.807, 2.05) is 38.1 Å². The summed E-state index contributed by atoms with van der Waals surface area (Å²) in [4.78, 5) is 23.5. The number of ether oxygens (including phenoxy) is 1. The molecule has 1 fully saturated rings. The molecule has 1 aliphatic carbocycles. The predicted molar refractivity (Wildman–Crippen MR) is 92.0 cm³/mol. The Hall–Kier alpha value is -2.04. The molecule has 0 bridgehead atoms. The average molecular weight is 333 g/mol. The molecule has 3 atom stereocenters. The van der Waals surface area contributed by atoms with Gasteiger partial charge in [-0.2, -0.15) is 0 Å². The van der Waals surface area contributed by atoms with Crippen molar-refractivity contribution in [3.63, 3.8) is 0 Å². The van der Waals surface area contributed by atoms with Crippen LogP contribution in [0.3, 0.4) is 0 Å². The standard InChI is InChI=1S/C19H27NO4/c1-3-16(24-17-10-5-4-7-13(17)2)12-20-18(21)14-8-6-9-15(11-14)19(22)23/h4-5,7,10,14-16H,3,6,8-9,11-12H2,1-2H3,(H,20,21)(H,22,23). The third-order valence-electron chi connectivity index (χ3n) is 4.74. The fourth-order valence-electron chi connectivity index (χ4n) is 3.15. The van der Waals surface area contributed by atoms with Gasteiger partial charge in [-0.05, 0) is 44.2 Å². The van der Waals surface area contributed by atoms with E-state index in [2.05, 4.69) is 5.32 Å². The second-order valence-corrected chi connectivity index (χ2v) is 6.56. The molecule has 0 saturated heterocycles. The smallest absolute Gasteiger partial charge is 0.306 e. The molecule has 0 spiro atoms. The zero-order valence-corrected chi connectivity index (χ0v) is 14.5. The molecule has 5 nitrogen and oxygen atoms in total. The number of amides is 1. The molecular weight excluding hydrogens is 306 g/mol. The van der Waals surface area contributed by atoms with Crippen LogP contribution in [0.15, 0.2) is 24.3 Å². The average Bonchev–Trinajstić information content (AvgIpc) is 2.60. The lowest BCUT2D eigenvalue weighted by Crippen LogP contribution is -2.40. The molecule has 1 aliphatic rings. The molecule has 24 heavy (non-hydrogen) atoms. The molecular formula is C19H27NO4. The van der Waals surface area contributed by atoms with E-state index in [4.69, 9.17) is 9.84 Å². The van der Waals surface area contributed by atoms with Gasteiger partial charge in [0.15, 0.2) is 0 Å². The highest BCUT2D eigenvalue weighted by atomic mass is 16.5. The number of carbonyl (C=O) groups excluding carboxylic acids is 1. The lowest BCUT2D eigenvalue weighted by Gasteiger charge is -2.26. The third-order valence-corrected chi connectivity index (χ3v) is 4.74. The molecule has 1 amide bonds. The summed E-state index contributed by atoms with van der Waals surface area (Å²) in [7, 11) is 0. The van der Waals surface area contributed by atoms with E-state index in [0.29, 0.717) is 19.4 Å². The van der Waals surface area contributed by atoms with E-state index in [1.165, 1.54) is 0 Å². The van der Waals surface area contributed by atoms with Crippen molar-refractivity contribution in [3.8, 4) is 5.75 Å². The van der Waals surface area contributed by atoms with Crippen LogP contribution in [0.2, 0.25) is 0 Å². The maximum Gasteiger partial charge on any atom is 0.306 e. The molecule has 0 aliphatic heterocycles. The molecule has 1 aromatic carbocycles. The molecule has 0 aromatic heterocycles. The van der Waals surface area contributed by atoms with Crippen LogP contribution >= 0.6 is 0 Å². The Morgan fingerprint density at radius 2 is 2.00 bits per heavy atom. The molecule has 1 aromatic rings. The SMILES string of the molecule is CCC(CNC(=O)C1CCCC(C(=O)O)C1)Oc1ccccc1C. The first-order valence-corrected chi connectivity index (χ1v) is 8.74. The van der Waals surface area contributed by atoms with Gasteiger partial charge in [0, 0.05) is 5.92 Å². The maximum absolute atomic E-state index is 12.3. The van der Waals surface area contributed by atoms with Gasteiger partial charge in [-0.15, -0.1) is 0 Å². The lowest BCUT2D eigenvalue weighted by atomic mass is 9.81. The molecule has 2 rings (SSSR count). The summed E-state index contributed by atoms with van der Waals surface area (Å²) in [6.45, 7) is 4.46. The van der Waals surface area contributed by atoms with Crippen molar-refractivity contribution in [2.75, 3.05) is 6.54 Å². The monoisotopic (exact) mass is 333 g/mol. The van der Waals surface area contributed by atoms with Crippen LogP contribution in [0.25, 0.3) is 0 Å². The zero-order chi connectivity index (χ0) is 17.5. The minimum atomic E-state index is -0.790. The maximum atomic E-state index is 12.3.